The maximum Gasteiger partial charge on any atom is 0.250 e. The van der Waals surface area contributed by atoms with Gasteiger partial charge in [0.1, 0.15) is 5.82 Å². The van der Waals surface area contributed by atoms with Gasteiger partial charge < -0.3 is 0 Å². The van der Waals surface area contributed by atoms with Crippen LogP contribution in [0.3, 0.4) is 0 Å². The summed E-state index contributed by atoms with van der Waals surface area (Å²) in [6.45, 7) is 3.07. The van der Waals surface area contributed by atoms with Crippen molar-refractivity contribution >= 4 is 31.4 Å². The molecule has 0 aliphatic carbocycles. The first kappa shape index (κ1) is 21.3. The Labute approximate surface area is 170 Å². The van der Waals surface area contributed by atoms with E-state index >= 15 is 0 Å². The van der Waals surface area contributed by atoms with E-state index in [0.29, 0.717) is 22.5 Å². The number of hydrogen-bond acceptors (Lipinski definition) is 5. The number of anilines is 1. The molecule has 0 fully saturated rings. The van der Waals surface area contributed by atoms with Crippen LogP contribution in [0.1, 0.15) is 37.4 Å². The van der Waals surface area contributed by atoms with Gasteiger partial charge in [0.2, 0.25) is 20.0 Å². The van der Waals surface area contributed by atoms with E-state index in [0.717, 1.165) is 4.41 Å². The Bertz CT molecular complexity index is 1130. The summed E-state index contributed by atoms with van der Waals surface area (Å²) in [7, 11) is -7.09. The Hall–Kier alpha value is -2.46. The molecule has 0 aromatic heterocycles. The molecule has 7 nitrogen and oxygen atoms in total. The first-order valence-electron chi connectivity index (χ1n) is 9.11. The highest BCUT2D eigenvalue weighted by Gasteiger charge is 2.35. The highest BCUT2D eigenvalue weighted by molar-refractivity contribution is 7.92. The van der Waals surface area contributed by atoms with Crippen molar-refractivity contribution in [3.05, 3.63) is 65.5 Å². The summed E-state index contributed by atoms with van der Waals surface area (Å²) in [4.78, 5) is 0. The second-order valence-corrected chi connectivity index (χ2v) is 10.7. The van der Waals surface area contributed by atoms with Crippen LogP contribution in [0.15, 0.2) is 53.6 Å². The van der Waals surface area contributed by atoms with E-state index in [4.69, 9.17) is 0 Å². The number of rotatable bonds is 7. The van der Waals surface area contributed by atoms with E-state index in [1.807, 2.05) is 0 Å². The second-order valence-electron chi connectivity index (χ2n) is 6.58. The summed E-state index contributed by atoms with van der Waals surface area (Å²) < 4.78 is 65.7. The average molecular weight is 440 g/mol. The molecule has 0 saturated carbocycles. The molecule has 29 heavy (non-hydrogen) atoms. The summed E-state index contributed by atoms with van der Waals surface area (Å²) in [5.74, 6) is -0.598. The highest BCUT2D eigenvalue weighted by atomic mass is 32.2. The lowest BCUT2D eigenvalue weighted by Gasteiger charge is -2.22. The number of hydrogen-bond donors (Lipinski definition) is 1. The topological polar surface area (TPSA) is 95.9 Å². The molecular weight excluding hydrogens is 417 g/mol. The lowest BCUT2D eigenvalue weighted by molar-refractivity contribution is 0.372. The fourth-order valence-electron chi connectivity index (χ4n) is 3.00. The van der Waals surface area contributed by atoms with Gasteiger partial charge in [0.05, 0.1) is 23.3 Å². The first-order valence-corrected chi connectivity index (χ1v) is 12.4. The van der Waals surface area contributed by atoms with Crippen molar-refractivity contribution in [2.75, 3.05) is 16.2 Å². The summed E-state index contributed by atoms with van der Waals surface area (Å²) in [6.07, 6.45) is 0.287. The monoisotopic (exact) mass is 439 g/mol. The van der Waals surface area contributed by atoms with Gasteiger partial charge in [-0.1, -0.05) is 24.3 Å². The Morgan fingerprint density at radius 1 is 1.07 bits per heavy atom. The second kappa shape index (κ2) is 8.11. The van der Waals surface area contributed by atoms with Gasteiger partial charge in [0.15, 0.2) is 0 Å². The van der Waals surface area contributed by atoms with E-state index < -0.39 is 31.9 Å². The maximum atomic E-state index is 13.3. The van der Waals surface area contributed by atoms with Crippen molar-refractivity contribution in [1.82, 2.24) is 4.41 Å². The zero-order chi connectivity index (χ0) is 21.2. The molecule has 0 amide bonds. The molecule has 1 aliphatic heterocycles. The Morgan fingerprint density at radius 2 is 1.76 bits per heavy atom. The third-order valence-electron chi connectivity index (χ3n) is 4.63. The van der Waals surface area contributed by atoms with Crippen molar-refractivity contribution in [3.63, 3.8) is 0 Å². The number of hydrazone groups is 1. The van der Waals surface area contributed by atoms with Crippen molar-refractivity contribution < 1.29 is 21.2 Å². The largest absolute Gasteiger partial charge is 0.284 e. The van der Waals surface area contributed by atoms with Crippen molar-refractivity contribution in [1.29, 1.82) is 0 Å². The van der Waals surface area contributed by atoms with Crippen LogP contribution in [0.5, 0.6) is 0 Å². The predicted molar refractivity (Wildman–Crippen MR) is 111 cm³/mol. The van der Waals surface area contributed by atoms with Crippen molar-refractivity contribution in [2.24, 2.45) is 5.10 Å². The van der Waals surface area contributed by atoms with Gasteiger partial charge in [-0.2, -0.15) is 9.52 Å². The summed E-state index contributed by atoms with van der Waals surface area (Å²) >= 11 is 0. The van der Waals surface area contributed by atoms with Gasteiger partial charge in [0, 0.05) is 12.1 Å². The number of benzene rings is 2. The molecule has 0 radical (unpaired) electrons. The van der Waals surface area contributed by atoms with Gasteiger partial charge >= 0.3 is 0 Å². The number of nitrogens with one attached hydrogen (secondary N) is 1. The lowest BCUT2D eigenvalue weighted by Crippen LogP contribution is -2.28. The van der Waals surface area contributed by atoms with Crippen molar-refractivity contribution in [3.8, 4) is 0 Å². The zero-order valence-electron chi connectivity index (χ0n) is 16.0. The quantitative estimate of drug-likeness (QED) is 0.717. The average Bonchev–Trinajstić information content (AvgIpc) is 3.15. The standard InChI is InChI=1S/C19H22FN3O4S2/c1-3-28(24,25)22-17-7-5-6-15(12-17)18-13-19(14-8-10-16(20)11-9-14)23(21-18)29(26,27)4-2/h5-12,19,22H,3-4,13H2,1-2H3/t19-/m0/s1. The van der Waals surface area contributed by atoms with Gasteiger partial charge in [0.25, 0.3) is 0 Å². The summed E-state index contributed by atoms with van der Waals surface area (Å²) in [5, 5.41) is 4.33. The molecule has 2 aromatic carbocycles. The highest BCUT2D eigenvalue weighted by Crippen LogP contribution is 2.35. The van der Waals surface area contributed by atoms with E-state index in [1.54, 1.807) is 36.4 Å². The molecule has 3 rings (SSSR count). The van der Waals surface area contributed by atoms with Crippen LogP contribution in [-0.4, -0.2) is 38.5 Å². The first-order chi connectivity index (χ1) is 13.6. The van der Waals surface area contributed by atoms with Crippen LogP contribution in [0.25, 0.3) is 0 Å². The van der Waals surface area contributed by atoms with Crippen LogP contribution in [0.2, 0.25) is 0 Å². The van der Waals surface area contributed by atoms with Gasteiger partial charge in [-0.15, -0.1) is 0 Å². The van der Waals surface area contributed by atoms with Crippen molar-refractivity contribution in [2.45, 2.75) is 26.3 Å². The van der Waals surface area contributed by atoms with Crippen LogP contribution in [0.4, 0.5) is 10.1 Å². The molecule has 0 unspecified atom stereocenters. The van der Waals surface area contributed by atoms with Crippen LogP contribution >= 0.6 is 0 Å². The minimum Gasteiger partial charge on any atom is -0.284 e. The van der Waals surface area contributed by atoms with E-state index in [-0.39, 0.29) is 17.9 Å². The van der Waals surface area contributed by atoms with E-state index in [1.165, 1.54) is 26.0 Å². The van der Waals surface area contributed by atoms with Crippen LogP contribution in [0, 0.1) is 5.82 Å². The van der Waals surface area contributed by atoms with Gasteiger partial charge in [-0.05, 0) is 49.2 Å². The molecule has 1 atom stereocenters. The number of sulfonamides is 2. The van der Waals surface area contributed by atoms with Gasteiger partial charge in [-0.3, -0.25) is 4.72 Å². The molecule has 0 spiro atoms. The van der Waals surface area contributed by atoms with Crippen LogP contribution < -0.4 is 4.72 Å². The molecule has 1 heterocycles. The van der Waals surface area contributed by atoms with E-state index in [9.17, 15) is 21.2 Å². The fourth-order valence-corrected chi connectivity index (χ4v) is 4.70. The predicted octanol–water partition coefficient (Wildman–Crippen LogP) is 3.09. The molecule has 1 aliphatic rings. The molecule has 156 valence electrons. The third kappa shape index (κ3) is 4.76. The molecule has 2 aromatic rings. The van der Waals surface area contributed by atoms with Gasteiger partial charge in [-0.25, -0.2) is 21.2 Å². The lowest BCUT2D eigenvalue weighted by atomic mass is 9.99. The number of nitrogens with zero attached hydrogens (tertiary/aromatic N) is 2. The summed E-state index contributed by atoms with van der Waals surface area (Å²) in [6, 6.07) is 11.7. The normalized spacial score (nSPS) is 17.3. The smallest absolute Gasteiger partial charge is 0.250 e. The minimum atomic E-state index is -3.65. The molecular formula is C19H22FN3O4S2. The number of halogens is 1. The molecule has 1 N–H and O–H groups in total. The zero-order valence-corrected chi connectivity index (χ0v) is 17.7. The molecule has 0 saturated heterocycles. The SMILES string of the molecule is CCS(=O)(=O)Nc1cccc(C2=NN(S(=O)(=O)CC)[C@H](c3ccc(F)cc3)C2)c1. The Morgan fingerprint density at radius 3 is 2.38 bits per heavy atom. The summed E-state index contributed by atoms with van der Waals surface area (Å²) in [5.41, 5.74) is 2.13. The molecule has 10 heteroatoms. The third-order valence-corrected chi connectivity index (χ3v) is 7.57. The Kier molecular flexibility index (Phi) is 5.95. The molecule has 0 bridgehead atoms. The van der Waals surface area contributed by atoms with Crippen LogP contribution in [-0.2, 0) is 20.0 Å². The minimum absolute atomic E-state index is 0.0622. The maximum absolute atomic E-state index is 13.3. The Balaban J connectivity index is 1.98. The van der Waals surface area contributed by atoms with E-state index in [2.05, 4.69) is 9.82 Å². The fraction of sp³-hybridized carbons (Fsp3) is 0.316.